The molecule has 0 fully saturated rings. The lowest BCUT2D eigenvalue weighted by molar-refractivity contribution is 0.0963. The zero-order chi connectivity index (χ0) is 15.2. The summed E-state index contributed by atoms with van der Waals surface area (Å²) in [6.45, 7) is 0. The molecule has 110 valence electrons. The largest absolute Gasteiger partial charge is 0.496 e. The van der Waals surface area contributed by atoms with E-state index in [0.717, 1.165) is 27.0 Å². The van der Waals surface area contributed by atoms with E-state index in [-0.39, 0.29) is 5.91 Å². The molecule has 2 aromatic rings. The summed E-state index contributed by atoms with van der Waals surface area (Å²) in [6.07, 6.45) is 0. The number of ether oxygens (including phenoxy) is 1. The van der Waals surface area contributed by atoms with Crippen LogP contribution >= 0.6 is 23.4 Å². The molecule has 1 amide bonds. The third kappa shape index (κ3) is 4.16. The Labute approximate surface area is 133 Å². The molecule has 0 radical (unpaired) electrons. The molecule has 0 aromatic heterocycles. The maximum atomic E-state index is 11.7. The van der Waals surface area contributed by atoms with Gasteiger partial charge in [-0.1, -0.05) is 11.6 Å². The van der Waals surface area contributed by atoms with E-state index >= 15 is 0 Å². The smallest absolute Gasteiger partial charge is 0.251 e. The van der Waals surface area contributed by atoms with Gasteiger partial charge in [-0.05, 0) is 42.5 Å². The van der Waals surface area contributed by atoms with Gasteiger partial charge in [0.05, 0.1) is 7.11 Å². The number of methoxy groups -OCH3 is 1. The van der Waals surface area contributed by atoms with Crippen LogP contribution in [0.15, 0.2) is 47.4 Å². The molecule has 2 rings (SSSR count). The van der Waals surface area contributed by atoms with E-state index in [4.69, 9.17) is 16.3 Å². The normalized spacial score (nSPS) is 10.2. The number of rotatable bonds is 5. The third-order valence-corrected chi connectivity index (χ3v) is 4.29. The van der Waals surface area contributed by atoms with Gasteiger partial charge in [0.25, 0.3) is 5.91 Å². The number of carbonyl (C=O) groups excluding carboxylic acids is 1. The van der Waals surface area contributed by atoms with E-state index < -0.39 is 0 Å². The molecule has 21 heavy (non-hydrogen) atoms. The predicted octanol–water partition coefficient (Wildman–Crippen LogP) is 4.00. The highest BCUT2D eigenvalue weighted by Crippen LogP contribution is 2.29. The van der Waals surface area contributed by atoms with Crippen molar-refractivity contribution in [2.75, 3.05) is 14.2 Å². The number of carbonyl (C=O) groups is 1. The quantitative estimate of drug-likeness (QED) is 0.846. The Balaban J connectivity index is 2.17. The van der Waals surface area contributed by atoms with Gasteiger partial charge in [0.15, 0.2) is 0 Å². The SMILES string of the molecule is CNC(=O)c1ccc(OC)c(CSc2ccc(Cl)cc2)c1. The zero-order valence-electron chi connectivity index (χ0n) is 11.9. The van der Waals surface area contributed by atoms with Crippen molar-refractivity contribution in [1.82, 2.24) is 5.32 Å². The predicted molar refractivity (Wildman–Crippen MR) is 87.4 cm³/mol. The van der Waals surface area contributed by atoms with E-state index in [2.05, 4.69) is 5.32 Å². The molecule has 0 unspecified atom stereocenters. The highest BCUT2D eigenvalue weighted by atomic mass is 35.5. The van der Waals surface area contributed by atoms with Crippen molar-refractivity contribution >= 4 is 29.3 Å². The van der Waals surface area contributed by atoms with Crippen molar-refractivity contribution in [3.63, 3.8) is 0 Å². The summed E-state index contributed by atoms with van der Waals surface area (Å²) in [5.41, 5.74) is 1.61. The van der Waals surface area contributed by atoms with Crippen molar-refractivity contribution in [3.05, 3.63) is 58.6 Å². The first-order chi connectivity index (χ1) is 10.1. The lowest BCUT2D eigenvalue weighted by Crippen LogP contribution is -2.17. The fraction of sp³-hybridized carbons (Fsp3) is 0.188. The minimum atomic E-state index is -0.101. The second-order valence-electron chi connectivity index (χ2n) is 4.35. The highest BCUT2D eigenvalue weighted by Gasteiger charge is 2.09. The van der Waals surface area contributed by atoms with Crippen LogP contribution in [0, 0.1) is 0 Å². The Morgan fingerprint density at radius 3 is 2.57 bits per heavy atom. The minimum absolute atomic E-state index is 0.101. The molecule has 0 saturated carbocycles. The molecule has 0 aliphatic rings. The van der Waals surface area contributed by atoms with Crippen LogP contribution < -0.4 is 10.1 Å². The summed E-state index contributed by atoms with van der Waals surface area (Å²) in [5.74, 6) is 1.40. The number of hydrogen-bond donors (Lipinski definition) is 1. The third-order valence-electron chi connectivity index (χ3n) is 2.98. The summed E-state index contributed by atoms with van der Waals surface area (Å²) in [4.78, 5) is 12.8. The Kier molecular flexibility index (Phi) is 5.53. The molecule has 0 bridgehead atoms. The van der Waals surface area contributed by atoms with E-state index in [1.54, 1.807) is 32.0 Å². The average molecular weight is 322 g/mol. The van der Waals surface area contributed by atoms with Crippen LogP contribution in [-0.2, 0) is 5.75 Å². The van der Waals surface area contributed by atoms with E-state index in [9.17, 15) is 4.79 Å². The Hall–Kier alpha value is -1.65. The summed E-state index contributed by atoms with van der Waals surface area (Å²) < 4.78 is 5.36. The van der Waals surface area contributed by atoms with E-state index in [1.165, 1.54) is 0 Å². The maximum absolute atomic E-state index is 11.7. The van der Waals surface area contributed by atoms with Crippen molar-refractivity contribution in [1.29, 1.82) is 0 Å². The Morgan fingerprint density at radius 2 is 1.95 bits per heavy atom. The number of halogens is 1. The molecule has 0 atom stereocenters. The van der Waals surface area contributed by atoms with Gasteiger partial charge < -0.3 is 10.1 Å². The van der Waals surface area contributed by atoms with Gasteiger partial charge in [0.2, 0.25) is 0 Å². The lowest BCUT2D eigenvalue weighted by Gasteiger charge is -2.10. The summed E-state index contributed by atoms with van der Waals surface area (Å²) in [6, 6.07) is 13.1. The molecule has 0 aliphatic heterocycles. The van der Waals surface area contributed by atoms with Crippen LogP contribution in [0.2, 0.25) is 5.02 Å². The van der Waals surface area contributed by atoms with Crippen LogP contribution in [0.3, 0.4) is 0 Å². The molecule has 1 N–H and O–H groups in total. The molecular formula is C16H16ClNO2S. The molecule has 2 aromatic carbocycles. The number of hydrogen-bond acceptors (Lipinski definition) is 3. The molecule has 0 spiro atoms. The molecule has 0 saturated heterocycles. The van der Waals surface area contributed by atoms with Gasteiger partial charge in [-0.15, -0.1) is 11.8 Å². The fourth-order valence-corrected chi connectivity index (χ4v) is 2.87. The van der Waals surface area contributed by atoms with Crippen LogP contribution in [0.5, 0.6) is 5.75 Å². The van der Waals surface area contributed by atoms with Gasteiger partial charge in [-0.3, -0.25) is 4.79 Å². The Morgan fingerprint density at radius 1 is 1.24 bits per heavy atom. The lowest BCUT2D eigenvalue weighted by atomic mass is 10.1. The number of nitrogens with one attached hydrogen (secondary N) is 1. The monoisotopic (exact) mass is 321 g/mol. The van der Waals surface area contributed by atoms with E-state index in [1.807, 2.05) is 36.4 Å². The minimum Gasteiger partial charge on any atom is -0.496 e. The Bertz CT molecular complexity index is 629. The fourth-order valence-electron chi connectivity index (χ4n) is 1.87. The first-order valence-corrected chi connectivity index (χ1v) is 7.77. The van der Waals surface area contributed by atoms with Crippen molar-refractivity contribution in [2.45, 2.75) is 10.6 Å². The van der Waals surface area contributed by atoms with Gasteiger partial charge >= 0.3 is 0 Å². The maximum Gasteiger partial charge on any atom is 0.251 e. The standard InChI is InChI=1S/C16H16ClNO2S/c1-18-16(19)11-3-8-15(20-2)12(9-11)10-21-14-6-4-13(17)5-7-14/h3-9H,10H2,1-2H3,(H,18,19). The zero-order valence-corrected chi connectivity index (χ0v) is 13.4. The van der Waals surface area contributed by atoms with Crippen molar-refractivity contribution < 1.29 is 9.53 Å². The molecule has 0 aliphatic carbocycles. The number of thioether (sulfide) groups is 1. The summed E-state index contributed by atoms with van der Waals surface area (Å²) >= 11 is 7.54. The second-order valence-corrected chi connectivity index (χ2v) is 5.83. The van der Waals surface area contributed by atoms with Crippen LogP contribution in [0.4, 0.5) is 0 Å². The van der Waals surface area contributed by atoms with Crippen LogP contribution in [0.25, 0.3) is 0 Å². The van der Waals surface area contributed by atoms with Crippen LogP contribution in [0.1, 0.15) is 15.9 Å². The van der Waals surface area contributed by atoms with E-state index in [0.29, 0.717) is 5.56 Å². The molecule has 5 heteroatoms. The first kappa shape index (κ1) is 15.7. The van der Waals surface area contributed by atoms with Gasteiger partial charge in [0, 0.05) is 33.8 Å². The van der Waals surface area contributed by atoms with Gasteiger partial charge in [0.1, 0.15) is 5.75 Å². The number of amides is 1. The summed E-state index contributed by atoms with van der Waals surface area (Å²) in [7, 11) is 3.25. The molecule has 3 nitrogen and oxygen atoms in total. The van der Waals surface area contributed by atoms with Gasteiger partial charge in [-0.25, -0.2) is 0 Å². The number of benzene rings is 2. The van der Waals surface area contributed by atoms with Crippen molar-refractivity contribution in [2.24, 2.45) is 0 Å². The van der Waals surface area contributed by atoms with Crippen LogP contribution in [-0.4, -0.2) is 20.1 Å². The molecule has 0 heterocycles. The van der Waals surface area contributed by atoms with Crippen molar-refractivity contribution in [3.8, 4) is 5.75 Å². The second kappa shape index (κ2) is 7.38. The first-order valence-electron chi connectivity index (χ1n) is 6.41. The van der Waals surface area contributed by atoms with Gasteiger partial charge in [-0.2, -0.15) is 0 Å². The topological polar surface area (TPSA) is 38.3 Å². The average Bonchev–Trinajstić information content (AvgIpc) is 2.53. The molecular weight excluding hydrogens is 306 g/mol. The summed E-state index contributed by atoms with van der Waals surface area (Å²) in [5, 5.41) is 3.35. The highest BCUT2D eigenvalue weighted by molar-refractivity contribution is 7.98.